The van der Waals surface area contributed by atoms with Crippen molar-refractivity contribution in [2.75, 3.05) is 0 Å². The minimum absolute atomic E-state index is 0.173. The summed E-state index contributed by atoms with van der Waals surface area (Å²) in [6, 6.07) is 7.51. The Kier molecular flexibility index (Phi) is 6.37. The van der Waals surface area contributed by atoms with Gasteiger partial charge in [-0.3, -0.25) is 14.9 Å². The fourth-order valence-electron chi connectivity index (χ4n) is 2.67. The molecule has 160 valence electrons. The molecule has 1 heterocycles. The van der Waals surface area contributed by atoms with E-state index < -0.39 is 28.2 Å². The third-order valence-electron chi connectivity index (χ3n) is 4.18. The number of hydrogen-bond acceptors (Lipinski definition) is 7. The Morgan fingerprint density at radius 2 is 2.13 bits per heavy atom. The molecule has 0 unspecified atom stereocenters. The third-order valence-corrected chi connectivity index (χ3v) is 4.95. The number of hydrogen-bond donors (Lipinski definition) is 1. The lowest BCUT2D eigenvalue weighted by molar-refractivity contribution is -0.386. The van der Waals surface area contributed by atoms with Crippen molar-refractivity contribution in [3.63, 3.8) is 0 Å². The average Bonchev–Trinajstić information content (AvgIpc) is 2.69. The van der Waals surface area contributed by atoms with Gasteiger partial charge in [-0.1, -0.05) is 27.5 Å². The van der Waals surface area contributed by atoms with Gasteiger partial charge in [-0.25, -0.2) is 9.78 Å². The van der Waals surface area contributed by atoms with Gasteiger partial charge in [0.25, 0.3) is 5.56 Å². The Labute approximate surface area is 188 Å². The molecule has 0 bridgehead atoms. The summed E-state index contributed by atoms with van der Waals surface area (Å²) in [6.07, 6.45) is -0.136. The maximum absolute atomic E-state index is 12.8. The molecular weight excluding hydrogens is 496 g/mol. The molecule has 31 heavy (non-hydrogen) atoms. The number of aryl methyl sites for hydroxylation is 1. The Morgan fingerprint density at radius 3 is 2.77 bits per heavy atom. The van der Waals surface area contributed by atoms with Crippen molar-refractivity contribution < 1.29 is 19.6 Å². The Balaban J connectivity index is 2.06. The number of nitrogens with zero attached hydrogens (tertiary/aromatic N) is 4. The van der Waals surface area contributed by atoms with Crippen LogP contribution in [0.25, 0.3) is 10.9 Å². The number of nitro groups is 1. The monoisotopic (exact) mass is 508 g/mol. The van der Waals surface area contributed by atoms with Crippen molar-refractivity contribution in [3.05, 3.63) is 71.7 Å². The number of rotatable bonds is 6. The van der Waals surface area contributed by atoms with Gasteiger partial charge in [-0.05, 0) is 38.1 Å². The van der Waals surface area contributed by atoms with Gasteiger partial charge in [-0.15, -0.1) is 0 Å². The van der Waals surface area contributed by atoms with Crippen LogP contribution in [-0.2, 0) is 4.79 Å². The van der Waals surface area contributed by atoms with E-state index in [1.165, 1.54) is 19.2 Å². The Bertz CT molecular complexity index is 1310. The number of carboxylic acid groups (broad SMARTS) is 1. The van der Waals surface area contributed by atoms with E-state index in [1.54, 1.807) is 25.1 Å². The predicted octanol–water partition coefficient (Wildman–Crippen LogP) is 3.76. The SMILES string of the molecule is Cc1nc2ccc(Br)cc2c(=O)n1N=Cc1cc(Cl)c(O[C@H](C)C(=O)O)c([N+](=O)[O-])c1. The molecular formula is C19H14BrClN4O6. The van der Waals surface area contributed by atoms with Crippen molar-refractivity contribution in [1.82, 2.24) is 9.66 Å². The van der Waals surface area contributed by atoms with Gasteiger partial charge in [-0.2, -0.15) is 9.78 Å². The van der Waals surface area contributed by atoms with E-state index >= 15 is 0 Å². The number of benzene rings is 2. The molecule has 0 saturated heterocycles. The van der Waals surface area contributed by atoms with Crippen LogP contribution in [0.15, 0.2) is 44.7 Å². The molecule has 1 aromatic heterocycles. The molecule has 0 spiro atoms. The van der Waals surface area contributed by atoms with Gasteiger partial charge in [0.15, 0.2) is 6.10 Å². The Hall–Kier alpha value is -3.31. The number of ether oxygens (including phenoxy) is 1. The van der Waals surface area contributed by atoms with Gasteiger partial charge in [0.1, 0.15) is 5.82 Å². The minimum Gasteiger partial charge on any atom is -0.479 e. The smallest absolute Gasteiger partial charge is 0.344 e. The number of fused-ring (bicyclic) bond motifs is 1. The third kappa shape index (κ3) is 4.72. The standard InChI is InChI=1S/C19H14BrClN4O6/c1-9(19(27)28)31-17-14(21)5-11(6-16(17)25(29)30)8-22-24-10(2)23-15-4-3-12(20)7-13(15)18(24)26/h3-9H,1-2H3,(H,27,28)/t9-/m1/s1. The first-order valence-corrected chi connectivity index (χ1v) is 9.86. The van der Waals surface area contributed by atoms with Crippen LogP contribution in [0, 0.1) is 17.0 Å². The highest BCUT2D eigenvalue weighted by Gasteiger charge is 2.24. The summed E-state index contributed by atoms with van der Waals surface area (Å²) in [5.41, 5.74) is -0.250. The van der Waals surface area contributed by atoms with E-state index in [-0.39, 0.29) is 16.3 Å². The Morgan fingerprint density at radius 1 is 1.42 bits per heavy atom. The maximum atomic E-state index is 12.8. The largest absolute Gasteiger partial charge is 0.479 e. The second kappa shape index (κ2) is 8.82. The van der Waals surface area contributed by atoms with Crippen LogP contribution in [0.3, 0.4) is 0 Å². The number of aromatic nitrogens is 2. The van der Waals surface area contributed by atoms with Crippen LogP contribution in [0.2, 0.25) is 5.02 Å². The molecule has 12 heteroatoms. The zero-order valence-corrected chi connectivity index (χ0v) is 18.4. The lowest BCUT2D eigenvalue weighted by atomic mass is 10.2. The summed E-state index contributed by atoms with van der Waals surface area (Å²) in [7, 11) is 0. The van der Waals surface area contributed by atoms with Crippen molar-refractivity contribution in [1.29, 1.82) is 0 Å². The zero-order chi connectivity index (χ0) is 22.9. The van der Waals surface area contributed by atoms with Gasteiger partial charge < -0.3 is 9.84 Å². The first kappa shape index (κ1) is 22.4. The fraction of sp³-hybridized carbons (Fsp3) is 0.158. The summed E-state index contributed by atoms with van der Waals surface area (Å²) < 4.78 is 6.89. The summed E-state index contributed by atoms with van der Waals surface area (Å²) >= 11 is 9.40. The number of nitro benzene ring substituents is 1. The number of aliphatic carboxylic acids is 1. The molecule has 3 aromatic rings. The van der Waals surface area contributed by atoms with Gasteiger partial charge in [0.2, 0.25) is 5.75 Å². The van der Waals surface area contributed by atoms with Crippen LogP contribution in [0.1, 0.15) is 18.3 Å². The molecule has 1 atom stereocenters. The molecule has 2 aromatic carbocycles. The normalized spacial score (nSPS) is 12.3. The highest BCUT2D eigenvalue weighted by molar-refractivity contribution is 9.10. The van der Waals surface area contributed by atoms with E-state index in [0.29, 0.717) is 21.2 Å². The quantitative estimate of drug-likeness (QED) is 0.303. The molecule has 0 saturated carbocycles. The summed E-state index contributed by atoms with van der Waals surface area (Å²) in [6.45, 7) is 2.82. The van der Waals surface area contributed by atoms with E-state index in [9.17, 15) is 19.7 Å². The lowest BCUT2D eigenvalue weighted by Gasteiger charge is -2.12. The second-order valence-electron chi connectivity index (χ2n) is 6.39. The van der Waals surface area contributed by atoms with Crippen LogP contribution < -0.4 is 10.3 Å². The minimum atomic E-state index is -1.35. The van der Waals surface area contributed by atoms with Gasteiger partial charge >= 0.3 is 11.7 Å². The second-order valence-corrected chi connectivity index (χ2v) is 7.71. The van der Waals surface area contributed by atoms with Crippen molar-refractivity contribution in [2.45, 2.75) is 20.0 Å². The lowest BCUT2D eigenvalue weighted by Crippen LogP contribution is -2.23. The molecule has 0 amide bonds. The van der Waals surface area contributed by atoms with Crippen LogP contribution in [0.4, 0.5) is 5.69 Å². The highest BCUT2D eigenvalue weighted by Crippen LogP contribution is 2.36. The van der Waals surface area contributed by atoms with Gasteiger partial charge in [0, 0.05) is 16.1 Å². The molecule has 0 aliphatic rings. The number of carboxylic acids is 1. The first-order valence-electron chi connectivity index (χ1n) is 8.69. The molecule has 0 radical (unpaired) electrons. The molecule has 3 rings (SSSR count). The van der Waals surface area contributed by atoms with E-state index in [0.717, 1.165) is 10.7 Å². The summed E-state index contributed by atoms with van der Waals surface area (Å²) in [4.78, 5) is 38.8. The molecule has 0 aliphatic heterocycles. The van der Waals surface area contributed by atoms with Gasteiger partial charge in [0.05, 0.1) is 27.1 Å². The fourth-order valence-corrected chi connectivity index (χ4v) is 3.30. The van der Waals surface area contributed by atoms with Crippen LogP contribution in [0.5, 0.6) is 5.75 Å². The van der Waals surface area contributed by atoms with E-state index in [2.05, 4.69) is 26.0 Å². The van der Waals surface area contributed by atoms with E-state index in [4.69, 9.17) is 21.4 Å². The van der Waals surface area contributed by atoms with Crippen molar-refractivity contribution in [3.8, 4) is 5.75 Å². The average molecular weight is 510 g/mol. The zero-order valence-electron chi connectivity index (χ0n) is 16.1. The first-order chi connectivity index (χ1) is 14.6. The topological polar surface area (TPSA) is 137 Å². The highest BCUT2D eigenvalue weighted by atomic mass is 79.9. The van der Waals surface area contributed by atoms with Crippen LogP contribution in [-0.4, -0.2) is 38.0 Å². The predicted molar refractivity (Wildman–Crippen MR) is 117 cm³/mol. The van der Waals surface area contributed by atoms with Crippen molar-refractivity contribution >= 4 is 56.3 Å². The number of halogens is 2. The molecule has 1 N–H and O–H groups in total. The molecule has 10 nitrogen and oxygen atoms in total. The number of carbonyl (C=O) groups is 1. The molecule has 0 aliphatic carbocycles. The maximum Gasteiger partial charge on any atom is 0.344 e. The summed E-state index contributed by atoms with van der Waals surface area (Å²) in [5.74, 6) is -1.36. The van der Waals surface area contributed by atoms with E-state index in [1.807, 2.05) is 0 Å². The van der Waals surface area contributed by atoms with Crippen LogP contribution >= 0.6 is 27.5 Å². The van der Waals surface area contributed by atoms with Crippen molar-refractivity contribution in [2.24, 2.45) is 5.10 Å². The summed E-state index contributed by atoms with van der Waals surface area (Å²) in [5, 5.41) is 24.7. The molecule has 0 fully saturated rings.